The first kappa shape index (κ1) is 23.6. The minimum Gasteiger partial charge on any atom is -0.378 e. The van der Waals surface area contributed by atoms with Crippen LogP contribution in [0.2, 0.25) is 5.02 Å². The van der Waals surface area contributed by atoms with Crippen molar-refractivity contribution in [3.05, 3.63) is 70.5 Å². The Balaban J connectivity index is 1.39. The number of ether oxygens (including phenoxy) is 1. The van der Waals surface area contributed by atoms with E-state index in [0.29, 0.717) is 19.6 Å². The molecule has 3 aromatic rings. The molecule has 1 aliphatic heterocycles. The molecule has 1 amide bonds. The van der Waals surface area contributed by atoms with Crippen molar-refractivity contribution in [2.75, 3.05) is 17.7 Å². The molecule has 1 atom stereocenters. The molecule has 1 fully saturated rings. The van der Waals surface area contributed by atoms with E-state index in [1.54, 1.807) is 0 Å². The van der Waals surface area contributed by atoms with E-state index < -0.39 is 0 Å². The van der Waals surface area contributed by atoms with Gasteiger partial charge in [0.05, 0.1) is 24.9 Å². The molecule has 0 bridgehead atoms. The zero-order chi connectivity index (χ0) is 23.0. The van der Waals surface area contributed by atoms with E-state index in [9.17, 15) is 4.79 Å². The highest BCUT2D eigenvalue weighted by Crippen LogP contribution is 2.23. The predicted molar refractivity (Wildman–Crippen MR) is 132 cm³/mol. The van der Waals surface area contributed by atoms with Gasteiger partial charge in [-0.2, -0.15) is 0 Å². The summed E-state index contributed by atoms with van der Waals surface area (Å²) in [7, 11) is 0. The molecule has 1 saturated heterocycles. The Morgan fingerprint density at radius 2 is 2.06 bits per heavy atom. The second kappa shape index (κ2) is 11.5. The van der Waals surface area contributed by atoms with Crippen molar-refractivity contribution in [3.63, 3.8) is 0 Å². The molecule has 0 spiro atoms. The van der Waals surface area contributed by atoms with Gasteiger partial charge in [0, 0.05) is 23.9 Å². The second-order valence-corrected chi connectivity index (χ2v) is 9.36. The third kappa shape index (κ3) is 6.72. The van der Waals surface area contributed by atoms with Gasteiger partial charge in [-0.25, -0.2) is 0 Å². The molecule has 9 heteroatoms. The summed E-state index contributed by atoms with van der Waals surface area (Å²) in [5.41, 5.74) is 3.03. The maximum absolute atomic E-state index is 12.4. The molecular weight excluding hydrogens is 458 g/mol. The number of rotatable bonds is 10. The SMILES string of the molecule is Cc1ccc(NCc2nnc(SCC(=O)NCc3ccccc3)n2CC2CCCO2)cc1Cl. The van der Waals surface area contributed by atoms with E-state index in [0.717, 1.165) is 52.3 Å². The van der Waals surface area contributed by atoms with Gasteiger partial charge in [0.15, 0.2) is 11.0 Å². The van der Waals surface area contributed by atoms with Gasteiger partial charge in [-0.05, 0) is 43.0 Å². The number of nitrogens with zero attached hydrogens (tertiary/aromatic N) is 3. The highest BCUT2D eigenvalue weighted by atomic mass is 35.5. The number of aromatic nitrogens is 3. The molecule has 174 valence electrons. The van der Waals surface area contributed by atoms with Crippen molar-refractivity contribution in [3.8, 4) is 0 Å². The maximum Gasteiger partial charge on any atom is 0.230 e. The molecule has 1 aromatic heterocycles. The van der Waals surface area contributed by atoms with E-state index in [1.807, 2.05) is 55.5 Å². The number of nitrogens with one attached hydrogen (secondary N) is 2. The number of anilines is 1. The Labute approximate surface area is 203 Å². The Morgan fingerprint density at radius 3 is 2.82 bits per heavy atom. The van der Waals surface area contributed by atoms with Crippen molar-refractivity contribution in [1.29, 1.82) is 0 Å². The fourth-order valence-electron chi connectivity index (χ4n) is 3.59. The number of thioether (sulfide) groups is 1. The van der Waals surface area contributed by atoms with E-state index in [-0.39, 0.29) is 17.8 Å². The summed E-state index contributed by atoms with van der Waals surface area (Å²) in [4.78, 5) is 12.4. The fourth-order valence-corrected chi connectivity index (χ4v) is 4.57. The number of carbonyl (C=O) groups is 1. The van der Waals surface area contributed by atoms with Gasteiger partial charge in [-0.15, -0.1) is 10.2 Å². The topological polar surface area (TPSA) is 81.1 Å². The lowest BCUT2D eigenvalue weighted by molar-refractivity contribution is -0.118. The first-order valence-electron chi connectivity index (χ1n) is 11.1. The van der Waals surface area contributed by atoms with Gasteiger partial charge in [-0.1, -0.05) is 59.8 Å². The third-order valence-electron chi connectivity index (χ3n) is 5.49. The van der Waals surface area contributed by atoms with Crippen LogP contribution < -0.4 is 10.6 Å². The quantitative estimate of drug-likeness (QED) is 0.413. The molecule has 0 aliphatic carbocycles. The number of halogens is 1. The highest BCUT2D eigenvalue weighted by Gasteiger charge is 2.21. The second-order valence-electron chi connectivity index (χ2n) is 8.01. The Hall–Kier alpha value is -2.55. The van der Waals surface area contributed by atoms with Crippen LogP contribution in [-0.2, 0) is 29.2 Å². The average Bonchev–Trinajstić information content (AvgIpc) is 3.48. The minimum atomic E-state index is -0.0375. The van der Waals surface area contributed by atoms with Gasteiger partial charge < -0.3 is 19.9 Å². The summed E-state index contributed by atoms with van der Waals surface area (Å²) in [5, 5.41) is 16.5. The lowest BCUT2D eigenvalue weighted by Gasteiger charge is -2.15. The molecule has 1 unspecified atom stereocenters. The van der Waals surface area contributed by atoms with E-state index in [1.165, 1.54) is 11.8 Å². The Kier molecular flexibility index (Phi) is 8.25. The molecule has 2 aromatic carbocycles. The molecule has 1 aliphatic rings. The van der Waals surface area contributed by atoms with Gasteiger partial charge in [-0.3, -0.25) is 4.79 Å². The van der Waals surface area contributed by atoms with Crippen LogP contribution >= 0.6 is 23.4 Å². The first-order valence-corrected chi connectivity index (χ1v) is 12.4. The lowest BCUT2D eigenvalue weighted by Crippen LogP contribution is -2.25. The highest BCUT2D eigenvalue weighted by molar-refractivity contribution is 7.99. The summed E-state index contributed by atoms with van der Waals surface area (Å²) in [5.74, 6) is 1.04. The molecule has 4 rings (SSSR count). The molecule has 7 nitrogen and oxygen atoms in total. The summed E-state index contributed by atoms with van der Waals surface area (Å²) in [6, 6.07) is 15.8. The standard InChI is InChI=1S/C24H28ClN5O2S/c1-17-9-10-19(12-21(17)25)26-14-22-28-29-24(30(22)15-20-8-5-11-32-20)33-16-23(31)27-13-18-6-3-2-4-7-18/h2-4,6-7,9-10,12,20,26H,5,8,11,13-16H2,1H3,(H,27,31). The van der Waals surface area contributed by atoms with Crippen LogP contribution in [0.4, 0.5) is 5.69 Å². The number of aryl methyl sites for hydroxylation is 1. The van der Waals surface area contributed by atoms with Crippen LogP contribution in [0.1, 0.15) is 29.8 Å². The molecule has 0 radical (unpaired) electrons. The monoisotopic (exact) mass is 485 g/mol. The summed E-state index contributed by atoms with van der Waals surface area (Å²) in [6.45, 7) is 4.44. The third-order valence-corrected chi connectivity index (χ3v) is 6.86. The van der Waals surface area contributed by atoms with Crippen molar-refractivity contribution in [2.45, 2.75) is 50.7 Å². The van der Waals surface area contributed by atoms with Crippen molar-refractivity contribution in [2.24, 2.45) is 0 Å². The molecular formula is C24H28ClN5O2S. The largest absolute Gasteiger partial charge is 0.378 e. The van der Waals surface area contributed by atoms with E-state index in [2.05, 4.69) is 25.4 Å². The molecule has 2 N–H and O–H groups in total. The van der Waals surface area contributed by atoms with E-state index in [4.69, 9.17) is 16.3 Å². The lowest BCUT2D eigenvalue weighted by atomic mass is 10.2. The van der Waals surface area contributed by atoms with Crippen LogP contribution in [0.15, 0.2) is 53.7 Å². The van der Waals surface area contributed by atoms with Gasteiger partial charge in [0.1, 0.15) is 0 Å². The zero-order valence-corrected chi connectivity index (χ0v) is 20.2. The average molecular weight is 486 g/mol. The molecule has 33 heavy (non-hydrogen) atoms. The summed E-state index contributed by atoms with van der Waals surface area (Å²) < 4.78 is 7.90. The number of hydrogen-bond acceptors (Lipinski definition) is 6. The number of amides is 1. The van der Waals surface area contributed by atoms with Crippen molar-refractivity contribution in [1.82, 2.24) is 20.1 Å². The fraction of sp³-hybridized carbons (Fsp3) is 0.375. The number of benzene rings is 2. The van der Waals surface area contributed by atoms with Gasteiger partial charge in [0.2, 0.25) is 5.91 Å². The van der Waals surface area contributed by atoms with Crippen molar-refractivity contribution >= 4 is 35.0 Å². The van der Waals surface area contributed by atoms with Crippen LogP contribution in [0.5, 0.6) is 0 Å². The zero-order valence-electron chi connectivity index (χ0n) is 18.6. The predicted octanol–water partition coefficient (Wildman–Crippen LogP) is 4.44. The number of hydrogen-bond donors (Lipinski definition) is 2. The van der Waals surface area contributed by atoms with Gasteiger partial charge in [0.25, 0.3) is 0 Å². The van der Waals surface area contributed by atoms with Gasteiger partial charge >= 0.3 is 0 Å². The van der Waals surface area contributed by atoms with Crippen LogP contribution in [0, 0.1) is 6.92 Å². The Bertz CT molecular complexity index is 1070. The summed E-state index contributed by atoms with van der Waals surface area (Å²) in [6.07, 6.45) is 2.22. The maximum atomic E-state index is 12.4. The van der Waals surface area contributed by atoms with Crippen LogP contribution in [0.3, 0.4) is 0 Å². The van der Waals surface area contributed by atoms with Crippen molar-refractivity contribution < 1.29 is 9.53 Å². The summed E-state index contributed by atoms with van der Waals surface area (Å²) >= 11 is 7.64. The Morgan fingerprint density at radius 1 is 1.21 bits per heavy atom. The normalized spacial score (nSPS) is 15.5. The van der Waals surface area contributed by atoms with Crippen LogP contribution in [-0.4, -0.2) is 39.1 Å². The smallest absolute Gasteiger partial charge is 0.230 e. The molecule has 2 heterocycles. The van der Waals surface area contributed by atoms with Crippen LogP contribution in [0.25, 0.3) is 0 Å². The minimum absolute atomic E-state index is 0.0375. The molecule has 0 saturated carbocycles. The number of carbonyl (C=O) groups excluding carboxylic acids is 1. The van der Waals surface area contributed by atoms with E-state index >= 15 is 0 Å². The first-order chi connectivity index (χ1) is 16.1.